The Morgan fingerprint density at radius 2 is 2.07 bits per heavy atom. The predicted molar refractivity (Wildman–Crippen MR) is 54.5 cm³/mol. The molecule has 0 aromatic carbocycles. The number of hydrogen-bond donors (Lipinski definition) is 0. The summed E-state index contributed by atoms with van der Waals surface area (Å²) in [4.78, 5) is 10.7. The van der Waals surface area contributed by atoms with E-state index in [1.54, 1.807) is 16.9 Å². The molecule has 1 aliphatic heterocycles. The lowest BCUT2D eigenvalue weighted by atomic mass is 10.1. The maximum Gasteiger partial charge on any atom is 0.168 e. The second kappa shape index (κ2) is 3.77. The summed E-state index contributed by atoms with van der Waals surface area (Å²) in [5.74, 6) is 0.381. The van der Waals surface area contributed by atoms with Crippen LogP contribution < -0.4 is 0 Å². The zero-order valence-corrected chi connectivity index (χ0v) is 8.98. The Labute approximate surface area is 88.0 Å². The minimum absolute atomic E-state index is 0.0451. The van der Waals surface area contributed by atoms with Crippen molar-refractivity contribution in [3.8, 4) is 0 Å². The summed E-state index contributed by atoms with van der Waals surface area (Å²) in [5, 5.41) is 4.05. The fraction of sp³-hybridized carbons (Fsp3) is 0.556. The van der Waals surface area contributed by atoms with Crippen LogP contribution in [-0.4, -0.2) is 36.0 Å². The molecule has 1 aliphatic rings. The van der Waals surface area contributed by atoms with Crippen molar-refractivity contribution in [2.75, 3.05) is 11.5 Å². The molecule has 2 heterocycles. The van der Waals surface area contributed by atoms with E-state index in [2.05, 4.69) is 5.10 Å². The van der Waals surface area contributed by atoms with E-state index in [4.69, 9.17) is 0 Å². The van der Waals surface area contributed by atoms with Crippen LogP contribution in [0.15, 0.2) is 12.3 Å². The molecule has 0 saturated carbocycles. The van der Waals surface area contributed by atoms with E-state index >= 15 is 0 Å². The molecule has 0 bridgehead atoms. The Hall–Kier alpha value is -1.17. The molecule has 6 heteroatoms. The predicted octanol–water partition coefficient (Wildman–Crippen LogP) is 0.445. The summed E-state index contributed by atoms with van der Waals surface area (Å²) in [6.07, 6.45) is 3.40. The van der Waals surface area contributed by atoms with E-state index < -0.39 is 9.84 Å². The van der Waals surface area contributed by atoms with Gasteiger partial charge in [-0.25, -0.2) is 8.42 Å². The molecule has 5 nitrogen and oxygen atoms in total. The number of nitrogens with zero attached hydrogens (tertiary/aromatic N) is 2. The van der Waals surface area contributed by atoms with Crippen LogP contribution in [0.3, 0.4) is 0 Å². The number of aromatic nitrogens is 2. The standard InChI is InChI=1S/C9H12N2O3S/c12-7-9-1-4-10-11(9)8-2-5-15(13,14)6-3-8/h1,4,7-8H,2-3,5-6H2. The Morgan fingerprint density at radius 3 is 2.67 bits per heavy atom. The summed E-state index contributed by atoms with van der Waals surface area (Å²) in [6.45, 7) is 0. The molecule has 1 fully saturated rings. The van der Waals surface area contributed by atoms with Gasteiger partial charge in [-0.2, -0.15) is 5.10 Å². The van der Waals surface area contributed by atoms with Gasteiger partial charge in [-0.05, 0) is 18.9 Å². The molecule has 0 spiro atoms. The third-order valence-corrected chi connectivity index (χ3v) is 4.41. The van der Waals surface area contributed by atoms with Gasteiger partial charge >= 0.3 is 0 Å². The third kappa shape index (κ3) is 2.09. The average molecular weight is 228 g/mol. The van der Waals surface area contributed by atoms with Crippen molar-refractivity contribution in [3.05, 3.63) is 18.0 Å². The van der Waals surface area contributed by atoms with Crippen molar-refractivity contribution in [1.82, 2.24) is 9.78 Å². The van der Waals surface area contributed by atoms with E-state index in [-0.39, 0.29) is 17.5 Å². The van der Waals surface area contributed by atoms with Gasteiger partial charge in [0.1, 0.15) is 15.5 Å². The molecule has 0 N–H and O–H groups in total. The average Bonchev–Trinajstić information content (AvgIpc) is 2.65. The van der Waals surface area contributed by atoms with E-state index in [0.29, 0.717) is 18.5 Å². The summed E-state index contributed by atoms with van der Waals surface area (Å²) < 4.78 is 24.1. The lowest BCUT2D eigenvalue weighted by molar-refractivity contribution is 0.111. The molecule has 0 radical (unpaired) electrons. The fourth-order valence-corrected chi connectivity index (χ4v) is 3.31. The molecule has 0 atom stereocenters. The van der Waals surface area contributed by atoms with Crippen molar-refractivity contribution in [1.29, 1.82) is 0 Å². The number of rotatable bonds is 2. The van der Waals surface area contributed by atoms with E-state index in [0.717, 1.165) is 6.29 Å². The molecule has 0 amide bonds. The first-order valence-corrected chi connectivity index (χ1v) is 6.63. The zero-order chi connectivity index (χ0) is 10.9. The van der Waals surface area contributed by atoms with Crippen molar-refractivity contribution < 1.29 is 13.2 Å². The van der Waals surface area contributed by atoms with Crippen LogP contribution >= 0.6 is 0 Å². The Kier molecular flexibility index (Phi) is 2.60. The largest absolute Gasteiger partial charge is 0.296 e. The number of carbonyl (C=O) groups is 1. The first-order chi connectivity index (χ1) is 7.12. The van der Waals surface area contributed by atoms with Crippen LogP contribution in [0, 0.1) is 0 Å². The van der Waals surface area contributed by atoms with Crippen LogP contribution in [0.1, 0.15) is 29.4 Å². The van der Waals surface area contributed by atoms with Crippen LogP contribution in [0.5, 0.6) is 0 Å². The van der Waals surface area contributed by atoms with Gasteiger partial charge < -0.3 is 0 Å². The highest BCUT2D eigenvalue weighted by Crippen LogP contribution is 2.23. The van der Waals surface area contributed by atoms with Crippen LogP contribution in [0.25, 0.3) is 0 Å². The van der Waals surface area contributed by atoms with Gasteiger partial charge in [-0.1, -0.05) is 0 Å². The van der Waals surface area contributed by atoms with Gasteiger partial charge in [-0.3, -0.25) is 9.48 Å². The number of hydrogen-bond acceptors (Lipinski definition) is 4. The quantitative estimate of drug-likeness (QED) is 0.689. The second-order valence-corrected chi connectivity index (χ2v) is 6.01. The molecule has 2 rings (SSSR count). The Morgan fingerprint density at radius 1 is 1.40 bits per heavy atom. The van der Waals surface area contributed by atoms with Gasteiger partial charge in [-0.15, -0.1) is 0 Å². The molecular weight excluding hydrogens is 216 g/mol. The maximum absolute atomic E-state index is 11.2. The smallest absolute Gasteiger partial charge is 0.168 e. The lowest BCUT2D eigenvalue weighted by Crippen LogP contribution is -2.26. The highest BCUT2D eigenvalue weighted by Gasteiger charge is 2.26. The molecular formula is C9H12N2O3S. The number of aldehydes is 1. The van der Waals surface area contributed by atoms with Crippen LogP contribution in [0.2, 0.25) is 0 Å². The first-order valence-electron chi connectivity index (χ1n) is 4.81. The van der Waals surface area contributed by atoms with Gasteiger partial charge in [0.2, 0.25) is 0 Å². The topological polar surface area (TPSA) is 69.0 Å². The minimum atomic E-state index is -2.86. The summed E-state index contributed by atoms with van der Waals surface area (Å²) in [5.41, 5.74) is 0.513. The van der Waals surface area contributed by atoms with E-state index in [9.17, 15) is 13.2 Å². The highest BCUT2D eigenvalue weighted by atomic mass is 32.2. The van der Waals surface area contributed by atoms with Gasteiger partial charge in [0.15, 0.2) is 6.29 Å². The van der Waals surface area contributed by atoms with Gasteiger partial charge in [0, 0.05) is 6.20 Å². The van der Waals surface area contributed by atoms with Crippen molar-refractivity contribution >= 4 is 16.1 Å². The van der Waals surface area contributed by atoms with E-state index in [1.807, 2.05) is 0 Å². The molecule has 1 aromatic rings. The molecule has 82 valence electrons. The van der Waals surface area contributed by atoms with Crippen molar-refractivity contribution in [2.45, 2.75) is 18.9 Å². The highest BCUT2D eigenvalue weighted by molar-refractivity contribution is 7.91. The molecule has 15 heavy (non-hydrogen) atoms. The normalized spacial score (nSPS) is 21.3. The van der Waals surface area contributed by atoms with Crippen molar-refractivity contribution in [2.24, 2.45) is 0 Å². The van der Waals surface area contributed by atoms with Gasteiger partial charge in [0.25, 0.3) is 0 Å². The van der Waals surface area contributed by atoms with E-state index in [1.165, 1.54) is 0 Å². The summed E-state index contributed by atoms with van der Waals surface area (Å²) in [7, 11) is -2.86. The second-order valence-electron chi connectivity index (χ2n) is 3.70. The Balaban J connectivity index is 2.17. The van der Waals surface area contributed by atoms with Crippen LogP contribution in [0.4, 0.5) is 0 Å². The molecule has 1 saturated heterocycles. The summed E-state index contributed by atoms with van der Waals surface area (Å²) in [6, 6.07) is 1.68. The molecule has 0 unspecified atom stereocenters. The fourth-order valence-electron chi connectivity index (χ4n) is 1.85. The minimum Gasteiger partial charge on any atom is -0.296 e. The monoisotopic (exact) mass is 228 g/mol. The molecule has 0 aliphatic carbocycles. The maximum atomic E-state index is 11.2. The molecule has 1 aromatic heterocycles. The first kappa shape index (κ1) is 10.4. The Bertz CT molecular complexity index is 449. The number of carbonyl (C=O) groups excluding carboxylic acids is 1. The third-order valence-electron chi connectivity index (χ3n) is 2.69. The lowest BCUT2D eigenvalue weighted by Gasteiger charge is -2.22. The SMILES string of the molecule is O=Cc1ccnn1C1CCS(=O)(=O)CC1. The number of sulfone groups is 1. The van der Waals surface area contributed by atoms with Crippen molar-refractivity contribution in [3.63, 3.8) is 0 Å². The zero-order valence-electron chi connectivity index (χ0n) is 8.17. The summed E-state index contributed by atoms with van der Waals surface area (Å²) >= 11 is 0. The van der Waals surface area contributed by atoms with Gasteiger partial charge in [0.05, 0.1) is 17.5 Å². The van der Waals surface area contributed by atoms with Crippen LogP contribution in [-0.2, 0) is 9.84 Å².